The Morgan fingerprint density at radius 2 is 0.637 bits per heavy atom. The number of hydrogen-bond donors (Lipinski definition) is 1. The van der Waals surface area contributed by atoms with Crippen LogP contribution in [0.2, 0.25) is 0 Å². The van der Waals surface area contributed by atoms with E-state index in [4.69, 9.17) is 18.9 Å². The zero-order chi connectivity index (χ0) is 66.1. The fourth-order valence-electron chi connectivity index (χ4n) is 10.2. The summed E-state index contributed by atoms with van der Waals surface area (Å²) in [6.45, 7) is 4.70. The highest BCUT2D eigenvalue weighted by Gasteiger charge is 2.25. The van der Waals surface area contributed by atoms with Crippen LogP contribution in [0.5, 0.6) is 0 Å². The molecule has 9 heteroatoms. The van der Waals surface area contributed by atoms with E-state index in [9.17, 15) is 19.5 Å². The van der Waals surface area contributed by atoms with Crippen molar-refractivity contribution in [3.63, 3.8) is 0 Å². The van der Waals surface area contributed by atoms with Gasteiger partial charge in [0.25, 0.3) is 6.29 Å². The highest BCUT2D eigenvalue weighted by Crippen LogP contribution is 2.18. The first-order valence-electron chi connectivity index (χ1n) is 37.3. The van der Waals surface area contributed by atoms with Gasteiger partial charge >= 0.3 is 17.9 Å². The van der Waals surface area contributed by atoms with Crippen LogP contribution in [0.25, 0.3) is 0 Å². The minimum absolute atomic E-state index is 0.171. The van der Waals surface area contributed by atoms with Gasteiger partial charge in [-0.25, -0.2) is 4.79 Å². The quantitative estimate of drug-likeness (QED) is 0.0211. The Morgan fingerprint density at radius 1 is 0.341 bits per heavy atom. The van der Waals surface area contributed by atoms with Gasteiger partial charge in [0, 0.05) is 12.8 Å². The lowest BCUT2D eigenvalue weighted by molar-refractivity contribution is -0.870. The van der Waals surface area contributed by atoms with Crippen LogP contribution in [0.4, 0.5) is 0 Å². The summed E-state index contributed by atoms with van der Waals surface area (Å²) < 4.78 is 22.9. The van der Waals surface area contributed by atoms with Gasteiger partial charge in [-0.2, -0.15) is 0 Å². The molecule has 0 aromatic heterocycles. The SMILES string of the molecule is CC/C=C\C/C=C\C/C=C\C/C=C\C/C=C\C/C=C\C/C=C\C/C=C\C/C=C\CCCC(=O)OC(COC(=O)CCCCCCCCCCCCCCCCCCCCCCCCCCC/C=C\C/C=C\CCCCCCC)COC(OCC[N+](C)(C)C)C(=O)O. The van der Waals surface area contributed by atoms with E-state index in [2.05, 4.69) is 148 Å². The van der Waals surface area contributed by atoms with Gasteiger partial charge in [0.1, 0.15) is 13.2 Å². The van der Waals surface area contributed by atoms with Gasteiger partial charge in [-0.1, -0.05) is 321 Å². The molecule has 0 bridgehead atoms. The standard InChI is InChI=1S/C82H139NO8/c1-6-8-10-12-14-16-18-20-22-24-26-28-30-32-34-36-37-38-39-40-41-42-43-45-46-48-50-52-54-56-58-60-62-64-66-68-70-72-79(84)89-76-78(77-90-82(81(86)87)88-75-74-83(3,4)5)91-80(85)73-71-69-67-65-63-61-59-57-55-53-51-49-47-44-35-33-31-29-27-25-23-21-19-17-15-13-11-9-7-2/h9,11,15,17-18,20-21,23-24,26-27,29,33,35,47,49,53,55,59,61,65,67,78,82H,6-8,10,12-14,16,19,22,25,28,30-32,34,36-46,48,50-52,54,56-58,60,62-64,66,68-77H2,1-5H3/p+1/b11-9-,17-15-,20-18-,23-21-,26-24-,29-27-,35-33-,49-47-,55-53-,61-59-,67-65-. The van der Waals surface area contributed by atoms with E-state index in [-0.39, 0.29) is 38.6 Å². The summed E-state index contributed by atoms with van der Waals surface area (Å²) in [5, 5.41) is 9.75. The molecule has 0 aromatic carbocycles. The van der Waals surface area contributed by atoms with Crippen molar-refractivity contribution in [3.8, 4) is 0 Å². The van der Waals surface area contributed by atoms with Crippen LogP contribution in [0, 0.1) is 0 Å². The number of ether oxygens (including phenoxy) is 4. The van der Waals surface area contributed by atoms with Crippen LogP contribution in [0.3, 0.4) is 0 Å². The molecule has 0 rings (SSSR count). The van der Waals surface area contributed by atoms with Gasteiger partial charge in [-0.15, -0.1) is 0 Å². The van der Waals surface area contributed by atoms with Crippen molar-refractivity contribution in [3.05, 3.63) is 134 Å². The fourth-order valence-corrected chi connectivity index (χ4v) is 10.2. The number of carboxylic acid groups (broad SMARTS) is 1. The zero-order valence-electron chi connectivity index (χ0n) is 59.5. The Hall–Kier alpha value is -4.57. The molecule has 91 heavy (non-hydrogen) atoms. The minimum Gasteiger partial charge on any atom is -0.477 e. The van der Waals surface area contributed by atoms with E-state index in [1.807, 2.05) is 21.1 Å². The molecular weight excluding hydrogens is 1130 g/mol. The topological polar surface area (TPSA) is 108 Å². The zero-order valence-corrected chi connectivity index (χ0v) is 59.5. The second kappa shape index (κ2) is 71.3. The number of carbonyl (C=O) groups is 3. The molecule has 0 spiro atoms. The third-order valence-corrected chi connectivity index (χ3v) is 15.9. The number of hydrogen-bond acceptors (Lipinski definition) is 7. The number of allylic oxidation sites excluding steroid dienone is 22. The lowest BCUT2D eigenvalue weighted by Gasteiger charge is -2.25. The average molecular weight is 1270 g/mol. The molecule has 0 aliphatic rings. The van der Waals surface area contributed by atoms with Crippen molar-refractivity contribution in [1.82, 2.24) is 0 Å². The van der Waals surface area contributed by atoms with E-state index in [1.165, 1.54) is 186 Å². The Kier molecular flexibility index (Phi) is 67.7. The minimum atomic E-state index is -1.53. The van der Waals surface area contributed by atoms with Gasteiger partial charge in [-0.3, -0.25) is 9.59 Å². The number of nitrogens with zero attached hydrogens (tertiary/aromatic N) is 1. The molecular formula is C82H140NO8+. The van der Waals surface area contributed by atoms with Crippen molar-refractivity contribution >= 4 is 17.9 Å². The van der Waals surface area contributed by atoms with Crippen LogP contribution in [0.1, 0.15) is 309 Å². The third-order valence-electron chi connectivity index (χ3n) is 15.9. The van der Waals surface area contributed by atoms with Gasteiger partial charge in [0.2, 0.25) is 0 Å². The average Bonchev–Trinajstić information content (AvgIpc) is 3.66. The van der Waals surface area contributed by atoms with E-state index in [0.717, 1.165) is 83.5 Å². The van der Waals surface area contributed by atoms with E-state index in [1.54, 1.807) is 0 Å². The van der Waals surface area contributed by atoms with E-state index >= 15 is 0 Å². The summed E-state index contributed by atoms with van der Waals surface area (Å²) in [7, 11) is 5.96. The largest absolute Gasteiger partial charge is 0.477 e. The molecule has 0 aromatic rings. The van der Waals surface area contributed by atoms with Crippen molar-refractivity contribution in [2.75, 3.05) is 47.5 Å². The van der Waals surface area contributed by atoms with Gasteiger partial charge < -0.3 is 28.5 Å². The maximum atomic E-state index is 12.9. The summed E-state index contributed by atoms with van der Waals surface area (Å²) in [4.78, 5) is 37.6. The number of unbranched alkanes of at least 4 members (excludes halogenated alkanes) is 31. The maximum Gasteiger partial charge on any atom is 0.361 e. The molecule has 0 aliphatic heterocycles. The lowest BCUT2D eigenvalue weighted by atomic mass is 10.0. The monoisotopic (exact) mass is 1270 g/mol. The maximum absolute atomic E-state index is 12.9. The summed E-state index contributed by atoms with van der Waals surface area (Å²) >= 11 is 0. The van der Waals surface area contributed by atoms with Gasteiger partial charge in [-0.05, 0) is 109 Å². The van der Waals surface area contributed by atoms with Crippen LogP contribution >= 0.6 is 0 Å². The van der Waals surface area contributed by atoms with Crippen LogP contribution in [-0.2, 0) is 33.3 Å². The Balaban J connectivity index is 4.13. The molecule has 2 atom stereocenters. The third kappa shape index (κ3) is 72.7. The molecule has 0 saturated heterocycles. The summed E-state index contributed by atoms with van der Waals surface area (Å²) in [6, 6.07) is 0. The molecule has 1 N–H and O–H groups in total. The normalized spacial score (nSPS) is 13.5. The first kappa shape index (κ1) is 86.4. The second-order valence-electron chi connectivity index (χ2n) is 25.9. The molecule has 0 saturated carbocycles. The van der Waals surface area contributed by atoms with Crippen molar-refractivity contribution in [2.45, 2.75) is 322 Å². The van der Waals surface area contributed by atoms with Crippen molar-refractivity contribution in [2.24, 2.45) is 0 Å². The number of esters is 2. The summed E-state index contributed by atoms with van der Waals surface area (Å²) in [5.74, 6) is -2.09. The predicted molar refractivity (Wildman–Crippen MR) is 391 cm³/mol. The fraction of sp³-hybridized carbons (Fsp3) is 0.695. The molecule has 2 unspecified atom stereocenters. The highest BCUT2D eigenvalue weighted by atomic mass is 16.7. The Labute approximate surface area is 560 Å². The van der Waals surface area contributed by atoms with Crippen LogP contribution in [0.15, 0.2) is 134 Å². The smallest absolute Gasteiger partial charge is 0.361 e. The Bertz CT molecular complexity index is 1960. The molecule has 9 nitrogen and oxygen atoms in total. The van der Waals surface area contributed by atoms with Crippen LogP contribution < -0.4 is 0 Å². The van der Waals surface area contributed by atoms with E-state index in [0.29, 0.717) is 23.9 Å². The molecule has 0 aliphatic carbocycles. The van der Waals surface area contributed by atoms with Crippen molar-refractivity contribution < 1.29 is 42.9 Å². The highest BCUT2D eigenvalue weighted by molar-refractivity contribution is 5.71. The first-order valence-corrected chi connectivity index (χ1v) is 37.3. The molecule has 520 valence electrons. The lowest BCUT2D eigenvalue weighted by Crippen LogP contribution is -2.40. The molecule has 0 heterocycles. The number of likely N-dealkylation sites (N-methyl/N-ethyl adjacent to an activating group) is 1. The number of quaternary nitrogens is 1. The Morgan fingerprint density at radius 3 is 0.967 bits per heavy atom. The number of carbonyl (C=O) groups excluding carboxylic acids is 2. The second-order valence-corrected chi connectivity index (χ2v) is 25.9. The van der Waals surface area contributed by atoms with Crippen LogP contribution in [-0.4, -0.2) is 87.4 Å². The molecule has 0 fully saturated rings. The van der Waals surface area contributed by atoms with Gasteiger partial charge in [0.15, 0.2) is 6.10 Å². The number of rotatable bonds is 68. The molecule has 0 amide bonds. The predicted octanol–water partition coefficient (Wildman–Crippen LogP) is 23.7. The summed E-state index contributed by atoms with van der Waals surface area (Å²) in [5.41, 5.74) is 0. The van der Waals surface area contributed by atoms with E-state index < -0.39 is 24.3 Å². The summed E-state index contributed by atoms with van der Waals surface area (Å²) in [6.07, 6.45) is 100. The first-order chi connectivity index (χ1) is 44.6. The number of carboxylic acids is 1. The molecule has 0 radical (unpaired) electrons. The van der Waals surface area contributed by atoms with Gasteiger partial charge in [0.05, 0.1) is 34.4 Å². The number of aliphatic carboxylic acids is 1. The van der Waals surface area contributed by atoms with Crippen molar-refractivity contribution in [1.29, 1.82) is 0 Å².